The summed E-state index contributed by atoms with van der Waals surface area (Å²) < 4.78 is 29.5. The number of guanidine groups is 1. The molecule has 1 rings (SSSR count). The van der Waals surface area contributed by atoms with E-state index >= 15 is 0 Å². The van der Waals surface area contributed by atoms with Gasteiger partial charge in [0.05, 0.1) is 6.54 Å². The highest BCUT2D eigenvalue weighted by Crippen LogP contribution is 2.21. The second kappa shape index (κ2) is 12.3. The number of rotatable bonds is 9. The Morgan fingerprint density at radius 1 is 1.23 bits per heavy atom. The number of hydrogen-bond acceptors (Lipinski definition) is 3. The average Bonchev–Trinajstić information content (AvgIpc) is 2.49. The van der Waals surface area contributed by atoms with Crippen molar-refractivity contribution in [3.05, 3.63) is 29.8 Å². The third-order valence-corrected chi connectivity index (χ3v) is 3.42. The van der Waals surface area contributed by atoms with Gasteiger partial charge in [-0.25, -0.2) is 4.99 Å². The van der Waals surface area contributed by atoms with Crippen LogP contribution >= 0.6 is 24.0 Å². The SMILES string of the molecule is CCNC(=NCc1ccccc1OC(F)F)NCC(C)(C)CN(C)C.I. The van der Waals surface area contributed by atoms with Gasteiger partial charge < -0.3 is 20.3 Å². The molecule has 2 N–H and O–H groups in total. The lowest BCUT2D eigenvalue weighted by molar-refractivity contribution is -0.0504. The molecule has 0 atom stereocenters. The van der Waals surface area contributed by atoms with Crippen molar-refractivity contribution in [2.45, 2.75) is 33.9 Å². The van der Waals surface area contributed by atoms with E-state index in [2.05, 4.69) is 39.1 Å². The van der Waals surface area contributed by atoms with Crippen molar-refractivity contribution in [2.75, 3.05) is 33.7 Å². The first-order chi connectivity index (χ1) is 11.7. The summed E-state index contributed by atoms with van der Waals surface area (Å²) in [6, 6.07) is 6.71. The van der Waals surface area contributed by atoms with Gasteiger partial charge in [-0.15, -0.1) is 24.0 Å². The first-order valence-electron chi connectivity index (χ1n) is 8.43. The lowest BCUT2D eigenvalue weighted by atomic mass is 9.93. The Labute approximate surface area is 172 Å². The van der Waals surface area contributed by atoms with Crippen LogP contribution in [0.25, 0.3) is 0 Å². The molecule has 0 saturated carbocycles. The zero-order valence-electron chi connectivity index (χ0n) is 16.2. The molecule has 8 heteroatoms. The second-order valence-electron chi connectivity index (χ2n) is 6.94. The summed E-state index contributed by atoms with van der Waals surface area (Å²) in [6.07, 6.45) is 0. The molecule has 0 saturated heterocycles. The molecule has 0 aliphatic rings. The number of hydrogen-bond donors (Lipinski definition) is 2. The van der Waals surface area contributed by atoms with Gasteiger partial charge in [0.15, 0.2) is 5.96 Å². The number of nitrogens with zero attached hydrogens (tertiary/aromatic N) is 2. The summed E-state index contributed by atoms with van der Waals surface area (Å²) in [5.41, 5.74) is 0.684. The summed E-state index contributed by atoms with van der Waals surface area (Å²) >= 11 is 0. The fraction of sp³-hybridized carbons (Fsp3) is 0.611. The molecule has 0 bridgehead atoms. The number of aliphatic imine (C=N–C) groups is 1. The number of alkyl halides is 2. The molecular weight excluding hydrogens is 453 g/mol. The molecule has 0 unspecified atom stereocenters. The van der Waals surface area contributed by atoms with Crippen LogP contribution in [0.1, 0.15) is 26.3 Å². The lowest BCUT2D eigenvalue weighted by Crippen LogP contribution is -2.44. The second-order valence-corrected chi connectivity index (χ2v) is 6.94. The topological polar surface area (TPSA) is 48.9 Å². The van der Waals surface area contributed by atoms with Crippen LogP contribution < -0.4 is 15.4 Å². The Bertz CT molecular complexity index is 554. The van der Waals surface area contributed by atoms with Crippen LogP contribution in [0, 0.1) is 5.41 Å². The summed E-state index contributed by atoms with van der Waals surface area (Å²) in [6.45, 7) is 6.14. The average molecular weight is 484 g/mol. The minimum atomic E-state index is -2.84. The molecule has 0 spiro atoms. The Morgan fingerprint density at radius 3 is 2.46 bits per heavy atom. The molecular formula is C18H31F2IN4O. The third-order valence-electron chi connectivity index (χ3n) is 3.42. The maximum atomic E-state index is 12.5. The summed E-state index contributed by atoms with van der Waals surface area (Å²) in [5, 5.41) is 6.50. The summed E-state index contributed by atoms with van der Waals surface area (Å²) in [5.74, 6) is 0.811. The molecule has 1 aromatic carbocycles. The summed E-state index contributed by atoms with van der Waals surface area (Å²) in [4.78, 5) is 6.63. The van der Waals surface area contributed by atoms with Gasteiger partial charge in [0, 0.05) is 25.2 Å². The quantitative estimate of drug-likeness (QED) is 0.320. The van der Waals surface area contributed by atoms with Crippen LogP contribution in [-0.4, -0.2) is 51.2 Å². The van der Waals surface area contributed by atoms with E-state index in [0.717, 1.165) is 19.6 Å². The zero-order valence-corrected chi connectivity index (χ0v) is 18.5. The van der Waals surface area contributed by atoms with E-state index < -0.39 is 6.61 Å². The fourth-order valence-corrected chi connectivity index (χ4v) is 2.59. The molecule has 0 aliphatic carbocycles. The molecule has 0 fully saturated rings. The Morgan fingerprint density at radius 2 is 1.88 bits per heavy atom. The van der Waals surface area contributed by atoms with Crippen molar-refractivity contribution in [1.82, 2.24) is 15.5 Å². The number of ether oxygens (including phenoxy) is 1. The molecule has 1 aromatic rings. The predicted octanol–water partition coefficient (Wildman–Crippen LogP) is 3.55. The lowest BCUT2D eigenvalue weighted by Gasteiger charge is -2.29. The van der Waals surface area contributed by atoms with Gasteiger partial charge >= 0.3 is 6.61 Å². The largest absolute Gasteiger partial charge is 0.434 e. The number of para-hydroxylation sites is 1. The van der Waals surface area contributed by atoms with Crippen molar-refractivity contribution in [1.29, 1.82) is 0 Å². The Balaban J connectivity index is 0.00000625. The Hall–Kier alpha value is -1.16. The highest BCUT2D eigenvalue weighted by Gasteiger charge is 2.19. The molecule has 0 amide bonds. The van der Waals surface area contributed by atoms with Crippen LogP contribution in [-0.2, 0) is 6.54 Å². The van der Waals surface area contributed by atoms with Crippen LogP contribution in [0.15, 0.2) is 29.3 Å². The third kappa shape index (κ3) is 10.1. The van der Waals surface area contributed by atoms with Gasteiger partial charge in [0.2, 0.25) is 0 Å². The highest BCUT2D eigenvalue weighted by atomic mass is 127. The Kier molecular flexibility index (Phi) is 11.7. The van der Waals surface area contributed by atoms with E-state index in [9.17, 15) is 8.78 Å². The van der Waals surface area contributed by atoms with Crippen LogP contribution in [0.4, 0.5) is 8.78 Å². The van der Waals surface area contributed by atoms with Gasteiger partial charge in [0.1, 0.15) is 5.75 Å². The maximum absolute atomic E-state index is 12.5. The van der Waals surface area contributed by atoms with E-state index in [-0.39, 0.29) is 41.7 Å². The smallest absolute Gasteiger partial charge is 0.387 e. The molecule has 0 aromatic heterocycles. The van der Waals surface area contributed by atoms with E-state index in [1.54, 1.807) is 18.2 Å². The minimum absolute atomic E-state index is 0. The van der Waals surface area contributed by atoms with Gasteiger partial charge in [-0.3, -0.25) is 0 Å². The fourth-order valence-electron chi connectivity index (χ4n) is 2.59. The zero-order chi connectivity index (χ0) is 18.9. The molecule has 150 valence electrons. The molecule has 0 heterocycles. The van der Waals surface area contributed by atoms with Gasteiger partial charge in [-0.1, -0.05) is 32.0 Å². The maximum Gasteiger partial charge on any atom is 0.387 e. The van der Waals surface area contributed by atoms with E-state index in [1.807, 2.05) is 21.0 Å². The van der Waals surface area contributed by atoms with Gasteiger partial charge in [0.25, 0.3) is 0 Å². The van der Waals surface area contributed by atoms with Crippen molar-refractivity contribution in [2.24, 2.45) is 10.4 Å². The standard InChI is InChI=1S/C18H30F2N4O.HI/c1-6-21-17(23-12-18(2,3)13-24(4)5)22-11-14-9-7-8-10-15(14)25-16(19)20;/h7-10,16H,6,11-13H2,1-5H3,(H2,21,22,23);1H. The van der Waals surface area contributed by atoms with Crippen molar-refractivity contribution < 1.29 is 13.5 Å². The van der Waals surface area contributed by atoms with Crippen molar-refractivity contribution in [3.63, 3.8) is 0 Å². The molecule has 26 heavy (non-hydrogen) atoms. The van der Waals surface area contributed by atoms with Crippen LogP contribution in [0.5, 0.6) is 5.75 Å². The number of nitrogens with one attached hydrogen (secondary N) is 2. The predicted molar refractivity (Wildman–Crippen MR) is 114 cm³/mol. The summed E-state index contributed by atoms with van der Waals surface area (Å²) in [7, 11) is 4.09. The van der Waals surface area contributed by atoms with Gasteiger partial charge in [-0.05, 0) is 32.5 Å². The molecule has 0 radical (unpaired) electrons. The monoisotopic (exact) mass is 484 g/mol. The van der Waals surface area contributed by atoms with Crippen LogP contribution in [0.3, 0.4) is 0 Å². The van der Waals surface area contributed by atoms with E-state index in [0.29, 0.717) is 11.5 Å². The first-order valence-corrected chi connectivity index (χ1v) is 8.43. The van der Waals surface area contributed by atoms with Crippen molar-refractivity contribution >= 4 is 29.9 Å². The minimum Gasteiger partial charge on any atom is -0.434 e. The molecule has 0 aliphatic heterocycles. The van der Waals surface area contributed by atoms with Gasteiger partial charge in [-0.2, -0.15) is 8.78 Å². The normalized spacial score (nSPS) is 12.1. The molecule has 5 nitrogen and oxygen atoms in total. The number of halogens is 3. The van der Waals surface area contributed by atoms with Crippen LogP contribution in [0.2, 0.25) is 0 Å². The number of benzene rings is 1. The van der Waals surface area contributed by atoms with E-state index in [1.165, 1.54) is 6.07 Å². The van der Waals surface area contributed by atoms with Crippen molar-refractivity contribution in [3.8, 4) is 5.75 Å². The van der Waals surface area contributed by atoms with E-state index in [4.69, 9.17) is 0 Å². The first kappa shape index (κ1) is 24.8. The highest BCUT2D eigenvalue weighted by molar-refractivity contribution is 14.0.